The molecule has 0 radical (unpaired) electrons. The number of nitrogens with two attached hydrogens (primary N) is 1. The number of nitrogens with one attached hydrogen (secondary N) is 1. The van der Waals surface area contributed by atoms with E-state index in [4.69, 9.17) is 5.73 Å². The van der Waals surface area contributed by atoms with Crippen LogP contribution in [0.1, 0.15) is 28.8 Å². The van der Waals surface area contributed by atoms with Gasteiger partial charge in [0.25, 0.3) is 5.91 Å². The molecule has 3 N–H and O–H groups in total. The summed E-state index contributed by atoms with van der Waals surface area (Å²) in [4.78, 5) is 12.1. The van der Waals surface area contributed by atoms with Crippen LogP contribution in [0.15, 0.2) is 18.2 Å². The predicted octanol–water partition coefficient (Wildman–Crippen LogP) is 1.93. The first-order valence-electron chi connectivity index (χ1n) is 6.40. The van der Waals surface area contributed by atoms with E-state index in [1.165, 1.54) is 6.07 Å². The summed E-state index contributed by atoms with van der Waals surface area (Å²) in [5.41, 5.74) is 3.70. The summed E-state index contributed by atoms with van der Waals surface area (Å²) in [6.07, 6.45) is -3.49. The number of halogens is 3. The van der Waals surface area contributed by atoms with Crippen LogP contribution >= 0.6 is 0 Å². The van der Waals surface area contributed by atoms with Crippen LogP contribution in [0.3, 0.4) is 0 Å². The van der Waals surface area contributed by atoms with E-state index in [9.17, 15) is 22.2 Å². The van der Waals surface area contributed by atoms with E-state index in [0.29, 0.717) is 24.3 Å². The summed E-state index contributed by atoms with van der Waals surface area (Å²) in [6.45, 7) is 0. The third kappa shape index (κ3) is 3.75. The largest absolute Gasteiger partial charge is 0.418 e. The third-order valence-electron chi connectivity index (χ3n) is 3.38. The van der Waals surface area contributed by atoms with E-state index in [1.807, 2.05) is 0 Å². The lowest BCUT2D eigenvalue weighted by atomic mass is 10.1. The average Bonchev–Trinajstić information content (AvgIpc) is 2.40. The van der Waals surface area contributed by atoms with Crippen molar-refractivity contribution in [3.63, 3.8) is 0 Å². The summed E-state index contributed by atoms with van der Waals surface area (Å²) in [7, 11) is -0.865. The predicted molar refractivity (Wildman–Crippen MR) is 74.2 cm³/mol. The van der Waals surface area contributed by atoms with Gasteiger partial charge in [-0.25, -0.2) is 0 Å². The maximum absolute atomic E-state index is 12.7. The van der Waals surface area contributed by atoms with Crippen LogP contribution in [-0.4, -0.2) is 27.7 Å². The maximum atomic E-state index is 12.7. The van der Waals surface area contributed by atoms with Crippen molar-refractivity contribution in [2.75, 3.05) is 17.2 Å². The average molecular weight is 320 g/mol. The zero-order valence-corrected chi connectivity index (χ0v) is 11.9. The molecule has 1 aliphatic heterocycles. The van der Waals surface area contributed by atoms with E-state index in [1.54, 1.807) is 0 Å². The molecule has 1 aromatic rings. The highest BCUT2D eigenvalue weighted by Gasteiger charge is 2.34. The number of hydrogen-bond acceptors (Lipinski definition) is 3. The number of hydrogen-bond donors (Lipinski definition) is 2. The molecule has 1 aliphatic rings. The molecule has 0 saturated carbocycles. The van der Waals surface area contributed by atoms with Crippen molar-refractivity contribution < 1.29 is 22.2 Å². The quantitative estimate of drug-likeness (QED) is 0.818. The van der Waals surface area contributed by atoms with Gasteiger partial charge in [-0.15, -0.1) is 0 Å². The second-order valence-electron chi connectivity index (χ2n) is 4.86. The molecule has 0 atom stereocenters. The van der Waals surface area contributed by atoms with Gasteiger partial charge >= 0.3 is 6.18 Å². The Morgan fingerprint density at radius 1 is 1.29 bits per heavy atom. The number of carbonyl (C=O) groups excluding carboxylic acids is 1. The van der Waals surface area contributed by atoms with Gasteiger partial charge in [0, 0.05) is 28.3 Å². The topological polar surface area (TPSA) is 72.2 Å². The summed E-state index contributed by atoms with van der Waals surface area (Å²) < 4.78 is 49.5. The van der Waals surface area contributed by atoms with Crippen LogP contribution in [0.5, 0.6) is 0 Å². The van der Waals surface area contributed by atoms with Crippen molar-refractivity contribution in [2.45, 2.75) is 25.1 Å². The summed E-state index contributed by atoms with van der Waals surface area (Å²) in [6, 6.07) is 3.09. The van der Waals surface area contributed by atoms with Crippen molar-refractivity contribution in [3.05, 3.63) is 29.3 Å². The van der Waals surface area contributed by atoms with Crippen LogP contribution in [-0.2, 0) is 17.0 Å². The van der Waals surface area contributed by atoms with Crippen molar-refractivity contribution in [1.29, 1.82) is 0 Å². The molecule has 1 fully saturated rings. The minimum atomic E-state index is -4.60. The Balaban J connectivity index is 2.14. The van der Waals surface area contributed by atoms with Gasteiger partial charge in [-0.05, 0) is 25.0 Å². The van der Waals surface area contributed by atoms with E-state index in [2.05, 4.69) is 5.32 Å². The van der Waals surface area contributed by atoms with Gasteiger partial charge in [0.1, 0.15) is 0 Å². The Morgan fingerprint density at radius 2 is 1.90 bits per heavy atom. The fourth-order valence-corrected chi connectivity index (χ4v) is 3.51. The molecule has 1 aromatic carbocycles. The number of rotatable bonds is 2. The normalized spacial score (nSPS) is 22.8. The number of carbonyl (C=O) groups is 1. The summed E-state index contributed by atoms with van der Waals surface area (Å²) >= 11 is 0. The lowest BCUT2D eigenvalue weighted by Crippen LogP contribution is -2.39. The smallest absolute Gasteiger partial charge is 0.398 e. The number of benzene rings is 1. The SMILES string of the molecule is Nc1c(C(=O)NC2CCS(=O)CC2)cccc1C(F)(F)F. The van der Waals surface area contributed by atoms with Crippen LogP contribution in [0.4, 0.5) is 18.9 Å². The van der Waals surface area contributed by atoms with Crippen molar-refractivity contribution in [1.82, 2.24) is 5.32 Å². The first-order valence-corrected chi connectivity index (χ1v) is 7.89. The Morgan fingerprint density at radius 3 is 2.48 bits per heavy atom. The molecular weight excluding hydrogens is 305 g/mol. The van der Waals surface area contributed by atoms with E-state index in [-0.39, 0.29) is 11.6 Å². The zero-order valence-electron chi connectivity index (χ0n) is 11.1. The highest BCUT2D eigenvalue weighted by atomic mass is 32.2. The molecule has 1 amide bonds. The minimum absolute atomic E-state index is 0.177. The number of alkyl halides is 3. The molecule has 116 valence electrons. The molecule has 0 unspecified atom stereocenters. The zero-order chi connectivity index (χ0) is 15.6. The van der Waals surface area contributed by atoms with Gasteiger partial charge in [0.15, 0.2) is 0 Å². The van der Waals surface area contributed by atoms with Gasteiger partial charge < -0.3 is 11.1 Å². The van der Waals surface area contributed by atoms with Gasteiger partial charge in [-0.1, -0.05) is 6.07 Å². The highest BCUT2D eigenvalue weighted by molar-refractivity contribution is 7.85. The second kappa shape index (κ2) is 6.05. The van der Waals surface area contributed by atoms with Crippen LogP contribution < -0.4 is 11.1 Å². The van der Waals surface area contributed by atoms with Crippen LogP contribution in [0, 0.1) is 0 Å². The highest BCUT2D eigenvalue weighted by Crippen LogP contribution is 2.34. The summed E-state index contributed by atoms with van der Waals surface area (Å²) in [5, 5.41) is 2.65. The molecule has 2 rings (SSSR count). The minimum Gasteiger partial charge on any atom is -0.398 e. The molecule has 0 spiro atoms. The fourth-order valence-electron chi connectivity index (χ4n) is 2.21. The molecule has 0 aromatic heterocycles. The monoisotopic (exact) mass is 320 g/mol. The van der Waals surface area contributed by atoms with Crippen molar-refractivity contribution >= 4 is 22.4 Å². The van der Waals surface area contributed by atoms with Crippen LogP contribution in [0.25, 0.3) is 0 Å². The Bertz CT molecular complexity index is 565. The van der Waals surface area contributed by atoms with E-state index in [0.717, 1.165) is 12.1 Å². The second-order valence-corrected chi connectivity index (χ2v) is 6.56. The molecular formula is C13H15F3N2O2S. The fraction of sp³-hybridized carbons (Fsp3) is 0.462. The van der Waals surface area contributed by atoms with Gasteiger partial charge in [0.05, 0.1) is 16.8 Å². The van der Waals surface area contributed by atoms with Gasteiger partial charge in [-0.2, -0.15) is 13.2 Å². The molecule has 21 heavy (non-hydrogen) atoms. The Hall–Kier alpha value is -1.57. The number of anilines is 1. The molecule has 0 aliphatic carbocycles. The molecule has 0 bridgehead atoms. The molecule has 1 heterocycles. The van der Waals surface area contributed by atoms with Crippen molar-refractivity contribution in [2.24, 2.45) is 0 Å². The summed E-state index contributed by atoms with van der Waals surface area (Å²) in [5.74, 6) is 0.350. The maximum Gasteiger partial charge on any atom is 0.418 e. The first kappa shape index (κ1) is 15.8. The number of nitrogen functional groups attached to an aromatic ring is 1. The standard InChI is InChI=1S/C13H15F3N2O2S/c14-13(15,16)10-3-1-2-9(11(10)17)12(19)18-8-4-6-21(20)7-5-8/h1-3,8H,4-7,17H2,(H,18,19). The van der Waals surface area contributed by atoms with Gasteiger partial charge in [-0.3, -0.25) is 9.00 Å². The van der Waals surface area contributed by atoms with E-state index >= 15 is 0 Å². The van der Waals surface area contributed by atoms with E-state index < -0.39 is 34.1 Å². The third-order valence-corrected chi connectivity index (χ3v) is 4.76. The Labute approximate surface area is 122 Å². The first-order chi connectivity index (χ1) is 9.79. The van der Waals surface area contributed by atoms with Crippen molar-refractivity contribution in [3.8, 4) is 0 Å². The molecule has 1 saturated heterocycles. The van der Waals surface area contributed by atoms with Crippen LogP contribution in [0.2, 0.25) is 0 Å². The molecule has 4 nitrogen and oxygen atoms in total. The lowest BCUT2D eigenvalue weighted by Gasteiger charge is -2.23. The van der Waals surface area contributed by atoms with Gasteiger partial charge in [0.2, 0.25) is 0 Å². The lowest BCUT2D eigenvalue weighted by molar-refractivity contribution is -0.136. The Kier molecular flexibility index (Phi) is 4.55. The molecule has 8 heteroatoms. The number of amides is 1. The number of para-hydroxylation sites is 1.